The van der Waals surface area contributed by atoms with Crippen LogP contribution in [0, 0.1) is 0 Å². The normalized spacial score (nSPS) is 10.2. The molecule has 0 radical (unpaired) electrons. The highest BCUT2D eigenvalue weighted by molar-refractivity contribution is 9.10. The molecule has 1 aromatic carbocycles. The first-order chi connectivity index (χ1) is 9.08. The first-order valence-electron chi connectivity index (χ1n) is 5.71. The fraction of sp³-hybridized carbons (Fsp3) is 0.143. The van der Waals surface area contributed by atoms with E-state index in [1.807, 2.05) is 36.2 Å². The van der Waals surface area contributed by atoms with Crippen molar-refractivity contribution in [1.82, 2.24) is 4.98 Å². The fourth-order valence-corrected chi connectivity index (χ4v) is 2.10. The van der Waals surface area contributed by atoms with Crippen LogP contribution >= 0.6 is 15.9 Å². The zero-order valence-corrected chi connectivity index (χ0v) is 12.0. The van der Waals surface area contributed by atoms with Crippen LogP contribution in [-0.4, -0.2) is 23.1 Å². The Kier molecular flexibility index (Phi) is 4.16. The number of aromatic nitrogens is 1. The Hall–Kier alpha value is -1.88. The number of hydrogen-bond donors (Lipinski definition) is 1. The molecule has 0 saturated carbocycles. The van der Waals surface area contributed by atoms with Gasteiger partial charge in [-0.15, -0.1) is 0 Å². The number of aromatic carboxylic acids is 1. The average Bonchev–Trinajstić information content (AvgIpc) is 2.41. The van der Waals surface area contributed by atoms with Crippen LogP contribution in [0.2, 0.25) is 0 Å². The van der Waals surface area contributed by atoms with Gasteiger partial charge in [0.15, 0.2) is 0 Å². The summed E-state index contributed by atoms with van der Waals surface area (Å²) in [6.45, 7) is 0.636. The summed E-state index contributed by atoms with van der Waals surface area (Å²) in [6, 6.07) is 9.65. The number of carboxylic acids is 1. The number of carboxylic acid groups (broad SMARTS) is 1. The Bertz CT molecular complexity index is 584. The number of nitrogens with zero attached hydrogens (tertiary/aromatic N) is 2. The van der Waals surface area contributed by atoms with E-state index >= 15 is 0 Å². The Balaban J connectivity index is 2.22. The molecule has 1 heterocycles. The minimum atomic E-state index is -0.967. The van der Waals surface area contributed by atoms with E-state index in [2.05, 4.69) is 20.9 Å². The van der Waals surface area contributed by atoms with Crippen LogP contribution in [0.3, 0.4) is 0 Å². The second-order valence-electron chi connectivity index (χ2n) is 4.18. The van der Waals surface area contributed by atoms with Gasteiger partial charge < -0.3 is 10.0 Å². The van der Waals surface area contributed by atoms with Crippen molar-refractivity contribution in [2.75, 3.05) is 11.9 Å². The Morgan fingerprint density at radius 2 is 2.00 bits per heavy atom. The Labute approximate surface area is 119 Å². The van der Waals surface area contributed by atoms with Crippen LogP contribution in [0.4, 0.5) is 5.69 Å². The molecule has 0 aliphatic carbocycles. The SMILES string of the molecule is CN(Cc1ccc(Br)cc1)c1ccncc1C(=O)O. The number of hydrogen-bond acceptors (Lipinski definition) is 3. The number of pyridine rings is 1. The topological polar surface area (TPSA) is 53.4 Å². The first kappa shape index (κ1) is 13.5. The van der Waals surface area contributed by atoms with E-state index in [0.29, 0.717) is 12.2 Å². The predicted octanol–water partition coefficient (Wildman–Crippen LogP) is 3.18. The van der Waals surface area contributed by atoms with Crippen LogP contribution in [0.5, 0.6) is 0 Å². The van der Waals surface area contributed by atoms with E-state index in [9.17, 15) is 4.79 Å². The standard InChI is InChI=1S/C14H13BrN2O2/c1-17(9-10-2-4-11(15)5-3-10)13-6-7-16-8-12(13)14(18)19/h2-8H,9H2,1H3,(H,18,19). The van der Waals surface area contributed by atoms with Gasteiger partial charge in [-0.3, -0.25) is 4.98 Å². The van der Waals surface area contributed by atoms with Crippen LogP contribution in [-0.2, 0) is 6.54 Å². The summed E-state index contributed by atoms with van der Waals surface area (Å²) < 4.78 is 1.02. The van der Waals surface area contributed by atoms with Gasteiger partial charge >= 0.3 is 5.97 Å². The molecule has 0 bridgehead atoms. The molecule has 2 rings (SSSR count). The molecule has 4 nitrogen and oxygen atoms in total. The van der Waals surface area contributed by atoms with Gasteiger partial charge in [0, 0.05) is 30.5 Å². The quantitative estimate of drug-likeness (QED) is 0.940. The number of halogens is 1. The molecular weight excluding hydrogens is 308 g/mol. The maximum Gasteiger partial charge on any atom is 0.339 e. The number of rotatable bonds is 4. The van der Waals surface area contributed by atoms with E-state index in [-0.39, 0.29) is 5.56 Å². The van der Waals surface area contributed by atoms with E-state index in [4.69, 9.17) is 5.11 Å². The fourth-order valence-electron chi connectivity index (χ4n) is 1.83. The molecule has 1 aromatic heterocycles. The first-order valence-corrected chi connectivity index (χ1v) is 6.50. The number of anilines is 1. The molecule has 0 atom stereocenters. The second-order valence-corrected chi connectivity index (χ2v) is 5.10. The van der Waals surface area contributed by atoms with Gasteiger partial charge in [-0.2, -0.15) is 0 Å². The molecule has 0 aliphatic heterocycles. The van der Waals surface area contributed by atoms with Crippen molar-refractivity contribution in [3.8, 4) is 0 Å². The highest BCUT2D eigenvalue weighted by atomic mass is 79.9. The highest BCUT2D eigenvalue weighted by Crippen LogP contribution is 2.20. The summed E-state index contributed by atoms with van der Waals surface area (Å²) >= 11 is 3.39. The molecule has 2 aromatic rings. The molecule has 19 heavy (non-hydrogen) atoms. The molecule has 0 unspecified atom stereocenters. The average molecular weight is 321 g/mol. The van der Waals surface area contributed by atoms with Gasteiger partial charge in [0.05, 0.1) is 5.69 Å². The molecule has 0 spiro atoms. The lowest BCUT2D eigenvalue weighted by Gasteiger charge is -2.21. The van der Waals surface area contributed by atoms with Crippen LogP contribution < -0.4 is 4.90 Å². The number of carbonyl (C=O) groups is 1. The maximum absolute atomic E-state index is 11.2. The van der Waals surface area contributed by atoms with Crippen molar-refractivity contribution < 1.29 is 9.90 Å². The van der Waals surface area contributed by atoms with Crippen molar-refractivity contribution in [2.24, 2.45) is 0 Å². The maximum atomic E-state index is 11.2. The minimum absolute atomic E-state index is 0.210. The molecule has 0 saturated heterocycles. The highest BCUT2D eigenvalue weighted by Gasteiger charge is 2.13. The number of benzene rings is 1. The van der Waals surface area contributed by atoms with Gasteiger partial charge in [-0.05, 0) is 23.8 Å². The Morgan fingerprint density at radius 1 is 1.32 bits per heavy atom. The summed E-state index contributed by atoms with van der Waals surface area (Å²) in [5, 5.41) is 9.14. The van der Waals surface area contributed by atoms with E-state index in [1.54, 1.807) is 12.3 Å². The van der Waals surface area contributed by atoms with Crippen molar-refractivity contribution in [1.29, 1.82) is 0 Å². The zero-order chi connectivity index (χ0) is 13.8. The third-order valence-electron chi connectivity index (χ3n) is 2.77. The lowest BCUT2D eigenvalue weighted by Crippen LogP contribution is -2.19. The largest absolute Gasteiger partial charge is 0.478 e. The van der Waals surface area contributed by atoms with Gasteiger partial charge in [-0.1, -0.05) is 28.1 Å². The third-order valence-corrected chi connectivity index (χ3v) is 3.30. The monoisotopic (exact) mass is 320 g/mol. The minimum Gasteiger partial charge on any atom is -0.478 e. The summed E-state index contributed by atoms with van der Waals surface area (Å²) in [4.78, 5) is 16.9. The van der Waals surface area contributed by atoms with Crippen molar-refractivity contribution in [3.05, 3.63) is 58.3 Å². The van der Waals surface area contributed by atoms with Crippen LogP contribution in [0.15, 0.2) is 47.2 Å². The van der Waals surface area contributed by atoms with E-state index < -0.39 is 5.97 Å². The van der Waals surface area contributed by atoms with E-state index in [0.717, 1.165) is 10.0 Å². The van der Waals surface area contributed by atoms with Crippen LogP contribution in [0.25, 0.3) is 0 Å². The van der Waals surface area contributed by atoms with Crippen molar-refractivity contribution >= 4 is 27.6 Å². The van der Waals surface area contributed by atoms with Crippen molar-refractivity contribution in [3.63, 3.8) is 0 Å². The van der Waals surface area contributed by atoms with Gasteiger partial charge in [-0.25, -0.2) is 4.79 Å². The van der Waals surface area contributed by atoms with Gasteiger partial charge in [0.1, 0.15) is 5.56 Å². The summed E-state index contributed by atoms with van der Waals surface area (Å²) in [7, 11) is 1.86. The van der Waals surface area contributed by atoms with Gasteiger partial charge in [0.2, 0.25) is 0 Å². The second kappa shape index (κ2) is 5.84. The lowest BCUT2D eigenvalue weighted by molar-refractivity contribution is 0.0697. The molecule has 0 fully saturated rings. The summed E-state index contributed by atoms with van der Waals surface area (Å²) in [5.74, 6) is -0.967. The Morgan fingerprint density at radius 3 is 2.63 bits per heavy atom. The molecule has 98 valence electrons. The summed E-state index contributed by atoms with van der Waals surface area (Å²) in [5.41, 5.74) is 1.98. The third kappa shape index (κ3) is 3.32. The lowest BCUT2D eigenvalue weighted by atomic mass is 10.2. The summed E-state index contributed by atoms with van der Waals surface area (Å²) in [6.07, 6.45) is 2.97. The molecule has 0 aliphatic rings. The molecule has 5 heteroatoms. The van der Waals surface area contributed by atoms with Crippen LogP contribution in [0.1, 0.15) is 15.9 Å². The predicted molar refractivity (Wildman–Crippen MR) is 77.4 cm³/mol. The smallest absolute Gasteiger partial charge is 0.339 e. The molecule has 1 N–H and O–H groups in total. The molecular formula is C14H13BrN2O2. The van der Waals surface area contributed by atoms with E-state index in [1.165, 1.54) is 6.20 Å². The zero-order valence-electron chi connectivity index (χ0n) is 10.4. The van der Waals surface area contributed by atoms with Crippen molar-refractivity contribution in [2.45, 2.75) is 6.54 Å². The van der Waals surface area contributed by atoms with Gasteiger partial charge in [0.25, 0.3) is 0 Å². The molecule has 0 amide bonds.